The number of hydrogen-bond acceptors (Lipinski definition) is 7. The third kappa shape index (κ3) is 5.75. The van der Waals surface area contributed by atoms with E-state index in [9.17, 15) is 9.18 Å². The Morgan fingerprint density at radius 1 is 0.973 bits per heavy atom. The number of rotatable bonds is 6. The van der Waals surface area contributed by atoms with Crippen LogP contribution < -0.4 is 4.90 Å². The molecule has 0 radical (unpaired) electrons. The number of benzene rings is 2. The zero-order chi connectivity index (χ0) is 25.9. The SMILES string of the molecule is Cc1cc(C)nc(SCc2c(C(=O)N3CCN(c4cccc(Cl)c4)CC3)nnn2-c2ccc(F)cc2)n1. The molecule has 37 heavy (non-hydrogen) atoms. The average Bonchev–Trinajstić information content (AvgIpc) is 3.31. The predicted molar refractivity (Wildman–Crippen MR) is 142 cm³/mol. The smallest absolute Gasteiger partial charge is 0.276 e. The first-order valence-corrected chi connectivity index (χ1v) is 13.2. The Balaban J connectivity index is 1.38. The third-order valence-corrected chi connectivity index (χ3v) is 7.17. The molecule has 1 fully saturated rings. The maximum atomic E-state index is 13.6. The van der Waals surface area contributed by atoms with Crippen molar-refractivity contribution in [2.75, 3.05) is 31.1 Å². The molecule has 2 aromatic heterocycles. The molecule has 0 unspecified atom stereocenters. The first-order chi connectivity index (χ1) is 17.9. The Bertz CT molecular complexity index is 1400. The molecule has 0 spiro atoms. The van der Waals surface area contributed by atoms with E-state index in [1.54, 1.807) is 21.7 Å². The third-order valence-electron chi connectivity index (χ3n) is 6.08. The van der Waals surface area contributed by atoms with Gasteiger partial charge >= 0.3 is 0 Å². The first kappa shape index (κ1) is 25.2. The van der Waals surface area contributed by atoms with Gasteiger partial charge in [0, 0.05) is 54.0 Å². The topological polar surface area (TPSA) is 80.0 Å². The van der Waals surface area contributed by atoms with Crippen LogP contribution in [0, 0.1) is 19.7 Å². The Hall–Kier alpha value is -3.50. The van der Waals surface area contributed by atoms with Gasteiger partial charge in [-0.2, -0.15) is 0 Å². The van der Waals surface area contributed by atoms with Crippen molar-refractivity contribution in [3.8, 4) is 5.69 Å². The van der Waals surface area contributed by atoms with Crippen LogP contribution in [0.25, 0.3) is 5.69 Å². The summed E-state index contributed by atoms with van der Waals surface area (Å²) in [4.78, 5) is 26.6. The molecule has 0 saturated carbocycles. The highest BCUT2D eigenvalue weighted by Gasteiger charge is 2.28. The second kappa shape index (κ2) is 10.9. The van der Waals surface area contributed by atoms with Crippen LogP contribution in [0.4, 0.5) is 10.1 Å². The zero-order valence-electron chi connectivity index (χ0n) is 20.4. The number of aryl methyl sites for hydroxylation is 2. The van der Waals surface area contributed by atoms with Crippen LogP contribution in [0.2, 0.25) is 5.02 Å². The molecule has 3 heterocycles. The van der Waals surface area contributed by atoms with Gasteiger partial charge in [-0.05, 0) is 62.4 Å². The lowest BCUT2D eigenvalue weighted by Gasteiger charge is -2.36. The molecule has 2 aromatic carbocycles. The number of carbonyl (C=O) groups is 1. The van der Waals surface area contributed by atoms with E-state index in [0.29, 0.717) is 53.5 Å². The molecule has 1 aliphatic heterocycles. The largest absolute Gasteiger partial charge is 0.368 e. The molecule has 8 nitrogen and oxygen atoms in total. The Morgan fingerprint density at radius 2 is 1.68 bits per heavy atom. The lowest BCUT2D eigenvalue weighted by atomic mass is 10.2. The summed E-state index contributed by atoms with van der Waals surface area (Å²) in [6, 6.07) is 15.6. The van der Waals surface area contributed by atoms with Crippen LogP contribution in [0.15, 0.2) is 59.8 Å². The average molecular weight is 538 g/mol. The van der Waals surface area contributed by atoms with Crippen molar-refractivity contribution in [1.29, 1.82) is 0 Å². The van der Waals surface area contributed by atoms with Gasteiger partial charge in [-0.25, -0.2) is 19.0 Å². The Morgan fingerprint density at radius 3 is 2.35 bits per heavy atom. The summed E-state index contributed by atoms with van der Waals surface area (Å²) in [7, 11) is 0. The number of hydrogen-bond donors (Lipinski definition) is 0. The van der Waals surface area contributed by atoms with Crippen molar-refractivity contribution in [3.63, 3.8) is 0 Å². The molecule has 1 saturated heterocycles. The molecular formula is C26H25ClFN7OS. The van der Waals surface area contributed by atoms with Gasteiger partial charge in [-0.15, -0.1) is 5.10 Å². The highest BCUT2D eigenvalue weighted by Crippen LogP contribution is 2.26. The summed E-state index contributed by atoms with van der Waals surface area (Å²) in [5.74, 6) is -0.162. The summed E-state index contributed by atoms with van der Waals surface area (Å²) >= 11 is 7.56. The van der Waals surface area contributed by atoms with Crippen molar-refractivity contribution in [2.24, 2.45) is 0 Å². The van der Waals surface area contributed by atoms with Gasteiger partial charge in [-0.1, -0.05) is 34.6 Å². The fourth-order valence-electron chi connectivity index (χ4n) is 4.27. The van der Waals surface area contributed by atoms with Gasteiger partial charge in [0.25, 0.3) is 5.91 Å². The lowest BCUT2D eigenvalue weighted by Crippen LogP contribution is -2.49. The first-order valence-electron chi connectivity index (χ1n) is 11.8. The number of halogens is 2. The summed E-state index contributed by atoms with van der Waals surface area (Å²) in [5, 5.41) is 9.83. The molecule has 11 heteroatoms. The van der Waals surface area contributed by atoms with Crippen molar-refractivity contribution in [3.05, 3.63) is 88.2 Å². The van der Waals surface area contributed by atoms with Crippen molar-refractivity contribution in [1.82, 2.24) is 29.9 Å². The molecule has 5 rings (SSSR count). The van der Waals surface area contributed by atoms with E-state index in [4.69, 9.17) is 11.6 Å². The standard InChI is InChI=1S/C26H25ClFN7OS/c1-17-14-18(2)30-26(29-17)37-16-23-24(31-32-35(23)21-8-6-20(28)7-9-21)25(36)34-12-10-33(11-13-34)22-5-3-4-19(27)15-22/h3-9,14-15H,10-13,16H2,1-2H3. The molecule has 0 N–H and O–H groups in total. The Labute approximate surface area is 223 Å². The number of piperazine rings is 1. The maximum Gasteiger partial charge on any atom is 0.276 e. The molecular weight excluding hydrogens is 513 g/mol. The fraction of sp³-hybridized carbons (Fsp3) is 0.269. The van der Waals surface area contributed by atoms with E-state index >= 15 is 0 Å². The lowest BCUT2D eigenvalue weighted by molar-refractivity contribution is 0.0740. The minimum Gasteiger partial charge on any atom is -0.368 e. The fourth-order valence-corrected chi connectivity index (χ4v) is 5.39. The van der Waals surface area contributed by atoms with E-state index in [1.807, 2.05) is 44.2 Å². The van der Waals surface area contributed by atoms with Gasteiger partial charge in [0.05, 0.1) is 11.4 Å². The molecule has 0 aliphatic carbocycles. The molecule has 0 atom stereocenters. The number of amides is 1. The van der Waals surface area contributed by atoms with Crippen LogP contribution in [-0.2, 0) is 5.75 Å². The summed E-state index contributed by atoms with van der Waals surface area (Å²) < 4.78 is 15.2. The van der Waals surface area contributed by atoms with E-state index in [-0.39, 0.29) is 17.4 Å². The second-order valence-electron chi connectivity index (χ2n) is 8.75. The quantitative estimate of drug-likeness (QED) is 0.260. The summed E-state index contributed by atoms with van der Waals surface area (Å²) in [5.41, 5.74) is 4.28. The van der Waals surface area contributed by atoms with Gasteiger partial charge in [-0.3, -0.25) is 4.79 Å². The highest BCUT2D eigenvalue weighted by atomic mass is 35.5. The monoisotopic (exact) mass is 537 g/mol. The number of carbonyl (C=O) groups excluding carboxylic acids is 1. The van der Waals surface area contributed by atoms with Gasteiger partial charge < -0.3 is 9.80 Å². The van der Waals surface area contributed by atoms with E-state index in [2.05, 4.69) is 25.2 Å². The van der Waals surface area contributed by atoms with Crippen molar-refractivity contribution < 1.29 is 9.18 Å². The van der Waals surface area contributed by atoms with Crippen molar-refractivity contribution >= 4 is 35.0 Å². The van der Waals surface area contributed by atoms with Gasteiger partial charge in [0.2, 0.25) is 0 Å². The van der Waals surface area contributed by atoms with Gasteiger partial charge in [0.1, 0.15) is 5.82 Å². The zero-order valence-corrected chi connectivity index (χ0v) is 22.0. The van der Waals surface area contributed by atoms with Crippen molar-refractivity contribution in [2.45, 2.75) is 24.8 Å². The minimum absolute atomic E-state index is 0.184. The second-order valence-corrected chi connectivity index (χ2v) is 10.1. The molecule has 0 bridgehead atoms. The van der Waals surface area contributed by atoms with Crippen LogP contribution in [-0.4, -0.2) is 61.9 Å². The van der Waals surface area contributed by atoms with Crippen LogP contribution >= 0.6 is 23.4 Å². The maximum absolute atomic E-state index is 13.6. The highest BCUT2D eigenvalue weighted by molar-refractivity contribution is 7.98. The van der Waals surface area contributed by atoms with E-state index in [0.717, 1.165) is 17.1 Å². The molecule has 1 amide bonds. The number of anilines is 1. The van der Waals surface area contributed by atoms with Gasteiger partial charge in [0.15, 0.2) is 10.9 Å². The Kier molecular flexibility index (Phi) is 7.38. The van der Waals surface area contributed by atoms with Crippen LogP contribution in [0.1, 0.15) is 27.6 Å². The van der Waals surface area contributed by atoms with Crippen LogP contribution in [0.3, 0.4) is 0 Å². The normalized spacial score (nSPS) is 13.7. The number of thioether (sulfide) groups is 1. The predicted octanol–water partition coefficient (Wildman–Crippen LogP) is 4.72. The number of nitrogens with zero attached hydrogens (tertiary/aromatic N) is 7. The molecule has 190 valence electrons. The summed E-state index contributed by atoms with van der Waals surface area (Å²) in [6.45, 7) is 6.28. The van der Waals surface area contributed by atoms with Crippen LogP contribution in [0.5, 0.6) is 0 Å². The molecule has 1 aliphatic rings. The summed E-state index contributed by atoms with van der Waals surface area (Å²) in [6.07, 6.45) is 0. The molecule has 4 aromatic rings. The minimum atomic E-state index is -0.350. The number of aromatic nitrogens is 5. The van der Waals surface area contributed by atoms with E-state index < -0.39 is 0 Å². The van der Waals surface area contributed by atoms with E-state index in [1.165, 1.54) is 23.9 Å².